The quantitative estimate of drug-likeness (QED) is 0.158. The van der Waals surface area contributed by atoms with Gasteiger partial charge in [-0.1, -0.05) is 179 Å². The molecule has 306 valence electrons. The van der Waals surface area contributed by atoms with Gasteiger partial charge in [0.25, 0.3) is 0 Å². The molecule has 2 aliphatic rings. The second-order valence-electron chi connectivity index (χ2n) is 18.6. The lowest BCUT2D eigenvalue weighted by Gasteiger charge is -2.28. The monoisotopic (exact) mass is 820 g/mol. The van der Waals surface area contributed by atoms with Crippen molar-refractivity contribution in [3.05, 3.63) is 241 Å². The second-order valence-corrected chi connectivity index (χ2v) is 18.6. The molecular formula is C62H48N2. The van der Waals surface area contributed by atoms with E-state index in [0.717, 1.165) is 34.1 Å². The van der Waals surface area contributed by atoms with Gasteiger partial charge in [-0.15, -0.1) is 0 Å². The predicted molar refractivity (Wildman–Crippen MR) is 271 cm³/mol. The van der Waals surface area contributed by atoms with Crippen LogP contribution in [0.3, 0.4) is 0 Å². The van der Waals surface area contributed by atoms with Crippen molar-refractivity contribution in [1.82, 2.24) is 0 Å². The molecule has 0 saturated carbocycles. The maximum atomic E-state index is 2.45. The first-order valence-electron chi connectivity index (χ1n) is 22.5. The molecule has 0 radical (unpaired) electrons. The number of rotatable bonds is 7. The molecule has 2 nitrogen and oxygen atoms in total. The van der Waals surface area contributed by atoms with Crippen LogP contribution in [-0.2, 0) is 10.8 Å². The number of benzene rings is 10. The summed E-state index contributed by atoms with van der Waals surface area (Å²) in [7, 11) is 0. The van der Waals surface area contributed by atoms with Gasteiger partial charge in [-0.2, -0.15) is 0 Å². The van der Waals surface area contributed by atoms with Gasteiger partial charge in [0.1, 0.15) is 0 Å². The molecule has 64 heavy (non-hydrogen) atoms. The molecule has 0 aromatic heterocycles. The molecule has 0 heterocycles. The Morgan fingerprint density at radius 1 is 0.281 bits per heavy atom. The van der Waals surface area contributed by atoms with Crippen molar-refractivity contribution in [2.75, 3.05) is 9.80 Å². The maximum Gasteiger partial charge on any atom is 0.0540 e. The molecule has 10 aromatic rings. The van der Waals surface area contributed by atoms with Crippen molar-refractivity contribution < 1.29 is 0 Å². The lowest BCUT2D eigenvalue weighted by molar-refractivity contribution is 0.660. The largest absolute Gasteiger partial charge is 0.310 e. The summed E-state index contributed by atoms with van der Waals surface area (Å²) in [5.74, 6) is 0. The van der Waals surface area contributed by atoms with Crippen LogP contribution in [0.5, 0.6) is 0 Å². The number of hydrogen-bond donors (Lipinski definition) is 0. The van der Waals surface area contributed by atoms with Crippen molar-refractivity contribution in [3.63, 3.8) is 0 Å². The molecule has 2 heteroatoms. The lowest BCUT2D eigenvalue weighted by atomic mass is 9.82. The summed E-state index contributed by atoms with van der Waals surface area (Å²) in [4.78, 5) is 4.84. The van der Waals surface area contributed by atoms with E-state index in [2.05, 4.69) is 256 Å². The Hall–Kier alpha value is -7.68. The van der Waals surface area contributed by atoms with Crippen LogP contribution >= 0.6 is 0 Å². The molecular weight excluding hydrogens is 773 g/mol. The zero-order chi connectivity index (χ0) is 43.2. The van der Waals surface area contributed by atoms with Gasteiger partial charge in [-0.05, 0) is 139 Å². The molecule has 0 fully saturated rings. The molecule has 0 atom stereocenters. The van der Waals surface area contributed by atoms with Gasteiger partial charge >= 0.3 is 0 Å². The fraction of sp³-hybridized carbons (Fsp3) is 0.0968. The highest BCUT2D eigenvalue weighted by molar-refractivity contribution is 6.00. The summed E-state index contributed by atoms with van der Waals surface area (Å²) in [5.41, 5.74) is 19.8. The summed E-state index contributed by atoms with van der Waals surface area (Å²) in [6.07, 6.45) is 0. The minimum atomic E-state index is -0.0588. The highest BCUT2D eigenvalue weighted by atomic mass is 15.1. The van der Waals surface area contributed by atoms with Crippen LogP contribution in [0.2, 0.25) is 0 Å². The van der Waals surface area contributed by atoms with Gasteiger partial charge in [0.15, 0.2) is 0 Å². The number of fused-ring (bicyclic) bond motifs is 8. The Kier molecular flexibility index (Phi) is 8.58. The Labute approximate surface area is 376 Å². The van der Waals surface area contributed by atoms with Gasteiger partial charge in [-0.25, -0.2) is 0 Å². The van der Waals surface area contributed by atoms with Crippen molar-refractivity contribution in [2.45, 2.75) is 38.5 Å². The maximum absolute atomic E-state index is 2.45. The van der Waals surface area contributed by atoms with E-state index in [9.17, 15) is 0 Å². The van der Waals surface area contributed by atoms with E-state index in [1.54, 1.807) is 0 Å². The molecule has 12 rings (SSSR count). The van der Waals surface area contributed by atoms with Crippen LogP contribution in [0.25, 0.3) is 54.9 Å². The number of nitrogens with zero attached hydrogens (tertiary/aromatic N) is 2. The molecule has 10 aromatic carbocycles. The highest BCUT2D eigenvalue weighted by Crippen LogP contribution is 2.53. The van der Waals surface area contributed by atoms with E-state index in [1.165, 1.54) is 77.2 Å². The fourth-order valence-corrected chi connectivity index (χ4v) is 10.9. The van der Waals surface area contributed by atoms with Crippen LogP contribution in [0, 0.1) is 0 Å². The van der Waals surface area contributed by atoms with Crippen molar-refractivity contribution in [2.24, 2.45) is 0 Å². The molecule has 0 saturated heterocycles. The number of hydrogen-bond acceptors (Lipinski definition) is 2. The van der Waals surface area contributed by atoms with Crippen LogP contribution in [-0.4, -0.2) is 0 Å². The fourth-order valence-electron chi connectivity index (χ4n) is 10.9. The van der Waals surface area contributed by atoms with E-state index in [-0.39, 0.29) is 10.8 Å². The summed E-state index contributed by atoms with van der Waals surface area (Å²) < 4.78 is 0. The van der Waals surface area contributed by atoms with Gasteiger partial charge in [0, 0.05) is 44.7 Å². The van der Waals surface area contributed by atoms with Crippen molar-refractivity contribution >= 4 is 55.7 Å². The van der Waals surface area contributed by atoms with Gasteiger partial charge in [-0.3, -0.25) is 0 Å². The van der Waals surface area contributed by atoms with Gasteiger partial charge < -0.3 is 9.80 Å². The van der Waals surface area contributed by atoms with Gasteiger partial charge in [0.2, 0.25) is 0 Å². The highest BCUT2D eigenvalue weighted by Gasteiger charge is 2.37. The topological polar surface area (TPSA) is 6.48 Å². The minimum absolute atomic E-state index is 0.0588. The van der Waals surface area contributed by atoms with E-state index in [4.69, 9.17) is 0 Å². The summed E-state index contributed by atoms with van der Waals surface area (Å²) in [6, 6.07) is 80.8. The van der Waals surface area contributed by atoms with E-state index in [0.29, 0.717) is 0 Å². The zero-order valence-corrected chi connectivity index (χ0v) is 36.7. The van der Waals surface area contributed by atoms with Gasteiger partial charge in [0.05, 0.1) is 5.69 Å². The summed E-state index contributed by atoms with van der Waals surface area (Å²) in [5, 5.41) is 4.89. The van der Waals surface area contributed by atoms with Crippen LogP contribution < -0.4 is 9.80 Å². The third-order valence-electron chi connectivity index (χ3n) is 14.2. The standard InChI is InChI=1S/C62H48N2/c1-61(2)56-21-11-9-19-52(56)54-39-49(34-36-58(54)61)63(50-35-37-59-55(40-50)53-20-10-12-22-57(53)62(59,3)4)46-29-24-42(25-30-46)43-26-31-47(32-27-43)64(48-33-28-41-14-5-6-16-45(41)38-48)60-23-13-17-44-15-7-8-18-51(44)60/h5-40H,1-4H3. The average molecular weight is 821 g/mol. The lowest BCUT2D eigenvalue weighted by Crippen LogP contribution is -2.16. The first-order chi connectivity index (χ1) is 31.2. The zero-order valence-electron chi connectivity index (χ0n) is 36.7. The first-order valence-corrected chi connectivity index (χ1v) is 22.5. The first kappa shape index (κ1) is 38.0. The predicted octanol–water partition coefficient (Wildman–Crippen LogP) is 17.2. The van der Waals surface area contributed by atoms with Crippen LogP contribution in [0.1, 0.15) is 49.9 Å². The molecule has 0 aliphatic heterocycles. The molecule has 0 bridgehead atoms. The molecule has 0 unspecified atom stereocenters. The molecule has 2 aliphatic carbocycles. The van der Waals surface area contributed by atoms with E-state index < -0.39 is 0 Å². The Morgan fingerprint density at radius 2 is 0.703 bits per heavy atom. The molecule has 0 N–H and O–H groups in total. The smallest absolute Gasteiger partial charge is 0.0540 e. The van der Waals surface area contributed by atoms with Crippen LogP contribution in [0.15, 0.2) is 218 Å². The summed E-state index contributed by atoms with van der Waals surface area (Å²) >= 11 is 0. The van der Waals surface area contributed by atoms with Crippen molar-refractivity contribution in [3.8, 4) is 33.4 Å². The Bertz CT molecular complexity index is 3330. The van der Waals surface area contributed by atoms with E-state index in [1.807, 2.05) is 0 Å². The molecule has 0 spiro atoms. The Morgan fingerprint density at radius 3 is 1.30 bits per heavy atom. The Balaban J connectivity index is 0.944. The average Bonchev–Trinajstić information content (AvgIpc) is 3.71. The molecule has 0 amide bonds. The minimum Gasteiger partial charge on any atom is -0.310 e. The third kappa shape index (κ3) is 5.93. The second kappa shape index (κ2) is 14.4. The normalized spacial score (nSPS) is 13.9. The number of anilines is 6. The van der Waals surface area contributed by atoms with E-state index >= 15 is 0 Å². The summed E-state index contributed by atoms with van der Waals surface area (Å²) in [6.45, 7) is 9.41. The third-order valence-corrected chi connectivity index (χ3v) is 14.2. The van der Waals surface area contributed by atoms with Crippen LogP contribution in [0.4, 0.5) is 34.1 Å². The van der Waals surface area contributed by atoms with Crippen molar-refractivity contribution in [1.29, 1.82) is 0 Å². The SMILES string of the molecule is CC1(C)c2ccccc2-c2cc(N(c3ccc(-c4ccc(N(c5ccc6ccccc6c5)c5cccc6ccccc56)cc4)cc3)c3ccc4c(c3)-c3ccccc3C4(C)C)ccc21.